The fraction of sp³-hybridized carbons (Fsp3) is 0.625. The summed E-state index contributed by atoms with van der Waals surface area (Å²) in [6.07, 6.45) is 5.12. The molecule has 0 heterocycles. The Kier molecular flexibility index (Phi) is 5.38. The standard InChI is InChI=1S/C16H24FNO2/c1-11(18)13-6-7-16(15(17)9-13)20-10-14(19)8-12-4-2-3-5-12/h6-7,9,11-12,14,19H,2-5,8,10,18H2,1H3. The normalized spacial score (nSPS) is 19.0. The Hall–Kier alpha value is -1.13. The van der Waals surface area contributed by atoms with Crippen molar-refractivity contribution in [3.05, 3.63) is 29.6 Å². The minimum absolute atomic E-state index is 0.144. The summed E-state index contributed by atoms with van der Waals surface area (Å²) in [5.41, 5.74) is 6.44. The molecule has 1 aliphatic rings. The first kappa shape index (κ1) is 15.3. The second kappa shape index (κ2) is 7.04. The molecule has 20 heavy (non-hydrogen) atoms. The van der Waals surface area contributed by atoms with Gasteiger partial charge >= 0.3 is 0 Å². The Morgan fingerprint density at radius 3 is 2.70 bits per heavy atom. The van der Waals surface area contributed by atoms with Gasteiger partial charge in [-0.15, -0.1) is 0 Å². The van der Waals surface area contributed by atoms with Crippen molar-refractivity contribution in [1.82, 2.24) is 0 Å². The van der Waals surface area contributed by atoms with Gasteiger partial charge in [0.25, 0.3) is 0 Å². The van der Waals surface area contributed by atoms with Gasteiger partial charge in [0, 0.05) is 6.04 Å². The van der Waals surface area contributed by atoms with Gasteiger partial charge in [-0.2, -0.15) is 0 Å². The summed E-state index contributed by atoms with van der Waals surface area (Å²) in [5, 5.41) is 9.94. The molecule has 1 aromatic carbocycles. The maximum atomic E-state index is 13.8. The lowest BCUT2D eigenvalue weighted by molar-refractivity contribution is 0.0837. The van der Waals surface area contributed by atoms with Crippen LogP contribution in [0.1, 0.15) is 50.6 Å². The van der Waals surface area contributed by atoms with Crippen molar-refractivity contribution in [3.8, 4) is 5.75 Å². The van der Waals surface area contributed by atoms with Crippen molar-refractivity contribution in [1.29, 1.82) is 0 Å². The number of aliphatic hydroxyl groups is 1. The van der Waals surface area contributed by atoms with E-state index in [9.17, 15) is 9.50 Å². The zero-order chi connectivity index (χ0) is 14.5. The molecule has 0 aliphatic heterocycles. The van der Waals surface area contributed by atoms with E-state index in [1.54, 1.807) is 19.1 Å². The number of halogens is 1. The number of aliphatic hydroxyl groups excluding tert-OH is 1. The van der Waals surface area contributed by atoms with Crippen LogP contribution in [0.15, 0.2) is 18.2 Å². The fourth-order valence-electron chi connectivity index (χ4n) is 2.80. The van der Waals surface area contributed by atoms with Crippen LogP contribution in [-0.2, 0) is 0 Å². The average molecular weight is 281 g/mol. The molecule has 0 aromatic heterocycles. The molecular weight excluding hydrogens is 257 g/mol. The third kappa shape index (κ3) is 4.18. The lowest BCUT2D eigenvalue weighted by atomic mass is 10.0. The van der Waals surface area contributed by atoms with Crippen LogP contribution in [-0.4, -0.2) is 17.8 Å². The second-order valence-electron chi connectivity index (χ2n) is 5.83. The Bertz CT molecular complexity index is 430. The van der Waals surface area contributed by atoms with E-state index in [-0.39, 0.29) is 18.4 Å². The zero-order valence-corrected chi connectivity index (χ0v) is 12.0. The van der Waals surface area contributed by atoms with Crippen molar-refractivity contribution < 1.29 is 14.2 Å². The third-order valence-electron chi connectivity index (χ3n) is 3.99. The Morgan fingerprint density at radius 2 is 2.10 bits per heavy atom. The first-order valence-electron chi connectivity index (χ1n) is 7.42. The molecular formula is C16H24FNO2. The molecule has 1 aromatic rings. The molecule has 2 atom stereocenters. The van der Waals surface area contributed by atoms with Crippen LogP contribution < -0.4 is 10.5 Å². The topological polar surface area (TPSA) is 55.5 Å². The Balaban J connectivity index is 1.83. The van der Waals surface area contributed by atoms with Gasteiger partial charge in [0.1, 0.15) is 6.61 Å². The summed E-state index contributed by atoms with van der Waals surface area (Å²) in [6, 6.07) is 4.53. The molecule has 0 saturated heterocycles. The van der Waals surface area contributed by atoms with E-state index in [4.69, 9.17) is 10.5 Å². The van der Waals surface area contributed by atoms with Crippen LogP contribution in [0, 0.1) is 11.7 Å². The van der Waals surface area contributed by atoms with Gasteiger partial charge in [0.2, 0.25) is 0 Å². The molecule has 2 unspecified atom stereocenters. The van der Waals surface area contributed by atoms with E-state index in [0.717, 1.165) is 12.0 Å². The summed E-state index contributed by atoms with van der Waals surface area (Å²) in [6.45, 7) is 1.95. The molecule has 1 fully saturated rings. The molecule has 4 heteroatoms. The average Bonchev–Trinajstić information content (AvgIpc) is 2.90. The maximum Gasteiger partial charge on any atom is 0.165 e. The molecule has 2 rings (SSSR count). The highest BCUT2D eigenvalue weighted by Crippen LogP contribution is 2.29. The van der Waals surface area contributed by atoms with E-state index >= 15 is 0 Å². The van der Waals surface area contributed by atoms with Gasteiger partial charge in [-0.3, -0.25) is 0 Å². The first-order chi connectivity index (χ1) is 9.56. The quantitative estimate of drug-likeness (QED) is 0.842. The molecule has 1 saturated carbocycles. The highest BCUT2D eigenvalue weighted by atomic mass is 19.1. The summed E-state index contributed by atoms with van der Waals surface area (Å²) >= 11 is 0. The lowest BCUT2D eigenvalue weighted by Gasteiger charge is -2.16. The van der Waals surface area contributed by atoms with Crippen LogP contribution in [0.25, 0.3) is 0 Å². The van der Waals surface area contributed by atoms with Crippen molar-refractivity contribution in [3.63, 3.8) is 0 Å². The van der Waals surface area contributed by atoms with Gasteiger partial charge in [0.05, 0.1) is 6.10 Å². The largest absolute Gasteiger partial charge is 0.488 e. The van der Waals surface area contributed by atoms with Gasteiger partial charge in [-0.25, -0.2) is 4.39 Å². The molecule has 0 radical (unpaired) electrons. The molecule has 112 valence electrons. The van der Waals surface area contributed by atoms with E-state index in [1.807, 2.05) is 0 Å². The van der Waals surface area contributed by atoms with Gasteiger partial charge in [0.15, 0.2) is 11.6 Å². The number of benzene rings is 1. The molecule has 3 N–H and O–H groups in total. The summed E-state index contributed by atoms with van der Waals surface area (Å²) in [7, 11) is 0. The molecule has 3 nitrogen and oxygen atoms in total. The van der Waals surface area contributed by atoms with E-state index in [1.165, 1.54) is 31.7 Å². The smallest absolute Gasteiger partial charge is 0.165 e. The van der Waals surface area contributed by atoms with Crippen molar-refractivity contribution in [2.24, 2.45) is 11.7 Å². The minimum atomic E-state index is -0.523. The maximum absolute atomic E-state index is 13.8. The Morgan fingerprint density at radius 1 is 1.40 bits per heavy atom. The number of nitrogens with two attached hydrogens (primary N) is 1. The molecule has 1 aliphatic carbocycles. The first-order valence-corrected chi connectivity index (χ1v) is 7.42. The van der Waals surface area contributed by atoms with Crippen molar-refractivity contribution in [2.45, 2.75) is 51.2 Å². The summed E-state index contributed by atoms with van der Waals surface area (Å²) < 4.78 is 19.2. The van der Waals surface area contributed by atoms with Crippen LogP contribution in [0.3, 0.4) is 0 Å². The van der Waals surface area contributed by atoms with Crippen LogP contribution >= 0.6 is 0 Å². The van der Waals surface area contributed by atoms with E-state index in [2.05, 4.69) is 0 Å². The number of ether oxygens (including phenoxy) is 1. The van der Waals surface area contributed by atoms with Crippen molar-refractivity contribution >= 4 is 0 Å². The molecule has 0 spiro atoms. The second-order valence-corrected chi connectivity index (χ2v) is 5.83. The predicted molar refractivity (Wildman–Crippen MR) is 77.1 cm³/mol. The predicted octanol–water partition coefficient (Wildman–Crippen LogP) is 3.17. The van der Waals surface area contributed by atoms with E-state index < -0.39 is 11.9 Å². The SMILES string of the molecule is CC(N)c1ccc(OCC(O)CC2CCCC2)c(F)c1. The van der Waals surface area contributed by atoms with Crippen molar-refractivity contribution in [2.75, 3.05) is 6.61 Å². The summed E-state index contributed by atoms with van der Waals surface area (Å²) in [4.78, 5) is 0. The highest BCUT2D eigenvalue weighted by Gasteiger charge is 2.19. The monoisotopic (exact) mass is 281 g/mol. The molecule has 0 amide bonds. The minimum Gasteiger partial charge on any atom is -0.488 e. The fourth-order valence-corrected chi connectivity index (χ4v) is 2.80. The third-order valence-corrected chi connectivity index (χ3v) is 3.99. The zero-order valence-electron chi connectivity index (χ0n) is 12.0. The van der Waals surface area contributed by atoms with E-state index in [0.29, 0.717) is 5.92 Å². The van der Waals surface area contributed by atoms with Gasteiger partial charge in [-0.05, 0) is 37.0 Å². The lowest BCUT2D eigenvalue weighted by Crippen LogP contribution is -2.20. The van der Waals surface area contributed by atoms with Gasteiger partial charge < -0.3 is 15.6 Å². The number of rotatable bonds is 6. The summed E-state index contributed by atoms with van der Waals surface area (Å²) in [5.74, 6) is 0.353. The number of hydrogen-bond acceptors (Lipinski definition) is 3. The van der Waals surface area contributed by atoms with Gasteiger partial charge in [-0.1, -0.05) is 31.7 Å². The molecule has 0 bridgehead atoms. The number of hydrogen-bond donors (Lipinski definition) is 2. The van der Waals surface area contributed by atoms with Crippen LogP contribution in [0.2, 0.25) is 0 Å². The Labute approximate surface area is 119 Å². The van der Waals surface area contributed by atoms with Crippen LogP contribution in [0.5, 0.6) is 5.75 Å². The highest BCUT2D eigenvalue weighted by molar-refractivity contribution is 5.30. The van der Waals surface area contributed by atoms with Crippen LogP contribution in [0.4, 0.5) is 4.39 Å².